The summed E-state index contributed by atoms with van der Waals surface area (Å²) < 4.78 is 8.13. The Balaban J connectivity index is 1.76. The second-order valence-corrected chi connectivity index (χ2v) is 7.23. The van der Waals surface area contributed by atoms with E-state index < -0.39 is 5.97 Å². The van der Waals surface area contributed by atoms with Crippen molar-refractivity contribution in [1.82, 2.24) is 24.4 Å². The van der Waals surface area contributed by atoms with Crippen molar-refractivity contribution in [2.45, 2.75) is 46.8 Å². The van der Waals surface area contributed by atoms with Crippen LogP contribution in [0.5, 0.6) is 0 Å². The van der Waals surface area contributed by atoms with Gasteiger partial charge >= 0.3 is 5.97 Å². The highest BCUT2D eigenvalue weighted by molar-refractivity contribution is 7.16. The second kappa shape index (κ2) is 7.55. The summed E-state index contributed by atoms with van der Waals surface area (Å²) in [6.45, 7) is 6.10. The van der Waals surface area contributed by atoms with E-state index >= 15 is 0 Å². The Morgan fingerprint density at radius 2 is 2.12 bits per heavy atom. The fourth-order valence-electron chi connectivity index (χ4n) is 2.46. The topological polar surface area (TPSA) is 91.4 Å². The molecule has 0 saturated heterocycles. The van der Waals surface area contributed by atoms with E-state index in [2.05, 4.69) is 22.1 Å². The fourth-order valence-corrected chi connectivity index (χ4v) is 3.65. The third kappa shape index (κ3) is 3.63. The third-order valence-corrected chi connectivity index (χ3v) is 5.00. The minimum Gasteiger partial charge on any atom is -0.454 e. The van der Waals surface area contributed by atoms with Crippen molar-refractivity contribution in [1.29, 1.82) is 0 Å². The minimum absolute atomic E-state index is 0.0682. The van der Waals surface area contributed by atoms with Crippen LogP contribution in [0, 0.1) is 13.8 Å². The maximum absolute atomic E-state index is 12.4. The van der Waals surface area contributed by atoms with E-state index in [1.54, 1.807) is 18.5 Å². The van der Waals surface area contributed by atoms with Crippen LogP contribution in [-0.4, -0.2) is 30.3 Å². The number of hydrogen-bond donors (Lipinski definition) is 0. The minimum atomic E-state index is -0.564. The van der Waals surface area contributed by atoms with E-state index in [0.717, 1.165) is 12.8 Å². The van der Waals surface area contributed by atoms with Gasteiger partial charge in [0.1, 0.15) is 17.3 Å². The SMILES string of the molecule is CCCCn1nc(C)c(C(=O)OCc2nn3c(=O)cc(C)nc3s2)c1Cl. The molecule has 8 nitrogen and oxygen atoms in total. The third-order valence-electron chi connectivity index (χ3n) is 3.73. The van der Waals surface area contributed by atoms with Gasteiger partial charge in [-0.1, -0.05) is 36.3 Å². The Labute approximate surface area is 158 Å². The smallest absolute Gasteiger partial charge is 0.343 e. The van der Waals surface area contributed by atoms with Gasteiger partial charge in [-0.3, -0.25) is 9.48 Å². The summed E-state index contributed by atoms with van der Waals surface area (Å²) in [5.74, 6) is -0.564. The first-order valence-electron chi connectivity index (χ1n) is 8.17. The van der Waals surface area contributed by atoms with Gasteiger partial charge in [-0.05, 0) is 20.3 Å². The number of aryl methyl sites for hydroxylation is 3. The molecule has 0 aliphatic carbocycles. The Hall–Kier alpha value is -2.26. The highest BCUT2D eigenvalue weighted by Gasteiger charge is 2.22. The standard InChI is InChI=1S/C16H18ClN5O3S/c1-4-5-6-21-14(17)13(10(3)19-21)15(24)25-8-11-20-22-12(23)7-9(2)18-16(22)26-11/h7H,4-6,8H2,1-3H3. The maximum atomic E-state index is 12.4. The number of carbonyl (C=O) groups is 1. The van der Waals surface area contributed by atoms with Gasteiger partial charge in [0.2, 0.25) is 4.96 Å². The van der Waals surface area contributed by atoms with Crippen LogP contribution < -0.4 is 5.56 Å². The van der Waals surface area contributed by atoms with Crippen molar-refractivity contribution in [2.75, 3.05) is 0 Å². The van der Waals surface area contributed by atoms with E-state index in [1.807, 2.05) is 0 Å². The zero-order valence-corrected chi connectivity index (χ0v) is 16.2. The average Bonchev–Trinajstić information content (AvgIpc) is 3.11. The molecule has 3 aromatic rings. The molecule has 0 aromatic carbocycles. The molecule has 0 aliphatic heterocycles. The first-order valence-corrected chi connectivity index (χ1v) is 9.36. The lowest BCUT2D eigenvalue weighted by atomic mass is 10.3. The summed E-state index contributed by atoms with van der Waals surface area (Å²) in [7, 11) is 0. The Morgan fingerprint density at radius 1 is 1.35 bits per heavy atom. The normalized spacial score (nSPS) is 11.2. The number of rotatable bonds is 6. The second-order valence-electron chi connectivity index (χ2n) is 5.83. The van der Waals surface area contributed by atoms with Crippen molar-refractivity contribution in [3.05, 3.63) is 43.5 Å². The lowest BCUT2D eigenvalue weighted by Gasteiger charge is -2.03. The molecule has 0 amide bonds. The Morgan fingerprint density at radius 3 is 2.85 bits per heavy atom. The number of fused-ring (bicyclic) bond motifs is 1. The predicted molar refractivity (Wildman–Crippen MR) is 97.9 cm³/mol. The first kappa shape index (κ1) is 18.5. The van der Waals surface area contributed by atoms with Gasteiger partial charge in [0.05, 0.1) is 5.69 Å². The van der Waals surface area contributed by atoms with Crippen molar-refractivity contribution in [3.63, 3.8) is 0 Å². The maximum Gasteiger partial charge on any atom is 0.343 e. The van der Waals surface area contributed by atoms with Gasteiger partial charge < -0.3 is 4.74 Å². The molecule has 0 spiro atoms. The Bertz CT molecular complexity index is 1020. The summed E-state index contributed by atoms with van der Waals surface area (Å²) >= 11 is 7.47. The van der Waals surface area contributed by atoms with Crippen LogP contribution in [0.3, 0.4) is 0 Å². The quantitative estimate of drug-likeness (QED) is 0.596. The summed E-state index contributed by atoms with van der Waals surface area (Å²) in [5.41, 5.74) is 1.13. The van der Waals surface area contributed by atoms with Gasteiger partial charge in [0, 0.05) is 18.3 Å². The Kier molecular flexibility index (Phi) is 5.38. The number of hydrogen-bond acceptors (Lipinski definition) is 7. The molecular weight excluding hydrogens is 378 g/mol. The van der Waals surface area contributed by atoms with Crippen molar-refractivity contribution >= 4 is 33.9 Å². The molecule has 3 rings (SSSR count). The van der Waals surface area contributed by atoms with Crippen molar-refractivity contribution in [2.24, 2.45) is 0 Å². The molecule has 0 atom stereocenters. The summed E-state index contributed by atoms with van der Waals surface area (Å²) in [5, 5.41) is 9.18. The van der Waals surface area contributed by atoms with Gasteiger partial charge in [-0.25, -0.2) is 9.78 Å². The van der Waals surface area contributed by atoms with E-state index in [0.29, 0.717) is 27.9 Å². The largest absolute Gasteiger partial charge is 0.454 e. The number of halogens is 1. The molecule has 138 valence electrons. The van der Waals surface area contributed by atoms with Gasteiger partial charge in [0.25, 0.3) is 5.56 Å². The van der Waals surface area contributed by atoms with Crippen LogP contribution >= 0.6 is 22.9 Å². The zero-order valence-electron chi connectivity index (χ0n) is 14.7. The molecule has 10 heteroatoms. The molecule has 0 N–H and O–H groups in total. The van der Waals surface area contributed by atoms with Crippen LogP contribution in [0.2, 0.25) is 5.15 Å². The lowest BCUT2D eigenvalue weighted by molar-refractivity contribution is 0.0470. The number of aromatic nitrogens is 5. The molecule has 0 bridgehead atoms. The van der Waals surface area contributed by atoms with E-state index in [9.17, 15) is 9.59 Å². The van der Waals surface area contributed by atoms with E-state index in [1.165, 1.54) is 21.9 Å². The van der Waals surface area contributed by atoms with Crippen molar-refractivity contribution < 1.29 is 9.53 Å². The number of nitrogens with zero attached hydrogens (tertiary/aromatic N) is 5. The predicted octanol–water partition coefficient (Wildman–Crippen LogP) is 2.77. The summed E-state index contributed by atoms with van der Waals surface area (Å²) in [4.78, 5) is 29.0. The average molecular weight is 396 g/mol. The fraction of sp³-hybridized carbons (Fsp3) is 0.438. The molecule has 0 fully saturated rings. The van der Waals surface area contributed by atoms with Crippen LogP contribution in [0.25, 0.3) is 4.96 Å². The summed E-state index contributed by atoms with van der Waals surface area (Å²) in [6, 6.07) is 1.40. The van der Waals surface area contributed by atoms with Crippen molar-refractivity contribution in [3.8, 4) is 0 Å². The molecule has 0 unspecified atom stereocenters. The molecule has 0 aliphatic rings. The van der Waals surface area contributed by atoms with Crippen LogP contribution in [0.4, 0.5) is 0 Å². The number of unbranched alkanes of at least 4 members (excludes halogenated alkanes) is 1. The lowest BCUT2D eigenvalue weighted by Crippen LogP contribution is -2.14. The number of carbonyl (C=O) groups excluding carboxylic acids is 1. The molecule has 0 radical (unpaired) electrons. The molecular formula is C16H18ClN5O3S. The molecule has 0 saturated carbocycles. The van der Waals surface area contributed by atoms with E-state index in [4.69, 9.17) is 16.3 Å². The monoisotopic (exact) mass is 395 g/mol. The first-order chi connectivity index (χ1) is 12.4. The van der Waals surface area contributed by atoms with Gasteiger partial charge in [0.15, 0.2) is 5.01 Å². The van der Waals surface area contributed by atoms with Gasteiger partial charge in [-0.15, -0.1) is 0 Å². The zero-order chi connectivity index (χ0) is 18.8. The van der Waals surface area contributed by atoms with E-state index in [-0.39, 0.29) is 22.9 Å². The molecule has 26 heavy (non-hydrogen) atoms. The van der Waals surface area contributed by atoms with Gasteiger partial charge in [-0.2, -0.15) is 14.7 Å². The van der Waals surface area contributed by atoms with Crippen LogP contribution in [0.15, 0.2) is 10.9 Å². The highest BCUT2D eigenvalue weighted by atomic mass is 35.5. The molecule has 3 aromatic heterocycles. The number of ether oxygens (including phenoxy) is 1. The van der Waals surface area contributed by atoms with Crippen LogP contribution in [-0.2, 0) is 17.9 Å². The molecule has 3 heterocycles. The highest BCUT2D eigenvalue weighted by Crippen LogP contribution is 2.22. The summed E-state index contributed by atoms with van der Waals surface area (Å²) in [6.07, 6.45) is 1.92. The number of esters is 1. The van der Waals surface area contributed by atoms with Crippen LogP contribution in [0.1, 0.15) is 46.5 Å².